The van der Waals surface area contributed by atoms with Crippen LogP contribution in [0.25, 0.3) is 0 Å². The van der Waals surface area contributed by atoms with E-state index in [1.54, 1.807) is 4.90 Å². The maximum atomic E-state index is 12.0. The van der Waals surface area contributed by atoms with E-state index in [1.807, 2.05) is 20.8 Å². The number of rotatable bonds is 3. The molecule has 1 fully saturated rings. The van der Waals surface area contributed by atoms with Gasteiger partial charge in [-0.2, -0.15) is 0 Å². The van der Waals surface area contributed by atoms with E-state index in [4.69, 9.17) is 16.3 Å². The molecular formula is C15H21ClN4O4. The van der Waals surface area contributed by atoms with Gasteiger partial charge in [0.2, 0.25) is 0 Å². The Morgan fingerprint density at radius 2 is 2.08 bits per heavy atom. The summed E-state index contributed by atoms with van der Waals surface area (Å²) in [4.78, 5) is 28.0. The van der Waals surface area contributed by atoms with Gasteiger partial charge >= 0.3 is 11.8 Å². The van der Waals surface area contributed by atoms with Crippen molar-refractivity contribution in [3.8, 4) is 0 Å². The third-order valence-corrected chi connectivity index (χ3v) is 3.76. The fourth-order valence-corrected chi connectivity index (χ4v) is 2.59. The minimum absolute atomic E-state index is 0.0147. The molecule has 2 rings (SSSR count). The number of anilines is 1. The molecule has 2 heterocycles. The minimum Gasteiger partial charge on any atom is -0.444 e. The van der Waals surface area contributed by atoms with Gasteiger partial charge in [-0.25, -0.2) is 9.78 Å². The van der Waals surface area contributed by atoms with E-state index in [2.05, 4.69) is 10.3 Å². The number of likely N-dealkylation sites (tertiary alicyclic amines) is 1. The zero-order valence-electron chi connectivity index (χ0n) is 13.9. The first-order valence-corrected chi connectivity index (χ1v) is 8.08. The molecule has 0 spiro atoms. The molecule has 0 aromatic carbocycles. The van der Waals surface area contributed by atoms with E-state index in [0.717, 1.165) is 6.20 Å². The molecule has 1 amide bonds. The van der Waals surface area contributed by atoms with Gasteiger partial charge in [-0.3, -0.25) is 10.1 Å². The van der Waals surface area contributed by atoms with Crippen LogP contribution in [0.5, 0.6) is 0 Å². The summed E-state index contributed by atoms with van der Waals surface area (Å²) < 4.78 is 5.35. The van der Waals surface area contributed by atoms with Gasteiger partial charge < -0.3 is 15.0 Å². The van der Waals surface area contributed by atoms with Crippen LogP contribution in [0.3, 0.4) is 0 Å². The van der Waals surface area contributed by atoms with Gasteiger partial charge in [0.1, 0.15) is 22.6 Å². The molecule has 24 heavy (non-hydrogen) atoms. The summed E-state index contributed by atoms with van der Waals surface area (Å²) in [6, 6.07) is 1.46. The summed E-state index contributed by atoms with van der Waals surface area (Å²) in [6.45, 7) is 6.53. The average Bonchev–Trinajstić information content (AvgIpc) is 2.46. The molecule has 1 aliphatic heterocycles. The Balaban J connectivity index is 1.95. The van der Waals surface area contributed by atoms with E-state index < -0.39 is 10.5 Å². The first-order valence-electron chi connectivity index (χ1n) is 7.70. The number of nitro groups is 1. The van der Waals surface area contributed by atoms with Crippen LogP contribution in [0.2, 0.25) is 5.15 Å². The number of pyridine rings is 1. The van der Waals surface area contributed by atoms with Crippen LogP contribution in [0.1, 0.15) is 33.6 Å². The number of carbonyl (C=O) groups excluding carboxylic acids is 1. The number of halogens is 1. The van der Waals surface area contributed by atoms with Gasteiger partial charge in [0.15, 0.2) is 0 Å². The molecule has 0 atom stereocenters. The lowest BCUT2D eigenvalue weighted by Gasteiger charge is -2.34. The third-order valence-electron chi connectivity index (χ3n) is 3.55. The first kappa shape index (κ1) is 18.3. The number of aromatic nitrogens is 1. The lowest BCUT2D eigenvalue weighted by Crippen LogP contribution is -2.44. The number of carbonyl (C=O) groups is 1. The summed E-state index contributed by atoms with van der Waals surface area (Å²) in [6.07, 6.45) is 2.13. The van der Waals surface area contributed by atoms with Crippen LogP contribution in [-0.2, 0) is 4.74 Å². The topological polar surface area (TPSA) is 97.6 Å². The Hall–Kier alpha value is -2.09. The molecule has 8 nitrogen and oxygen atoms in total. The maximum absolute atomic E-state index is 12.0. The van der Waals surface area contributed by atoms with E-state index >= 15 is 0 Å². The van der Waals surface area contributed by atoms with Crippen molar-refractivity contribution in [1.29, 1.82) is 0 Å². The van der Waals surface area contributed by atoms with E-state index in [1.165, 1.54) is 6.07 Å². The highest BCUT2D eigenvalue weighted by Gasteiger charge is 2.28. The van der Waals surface area contributed by atoms with Crippen molar-refractivity contribution in [2.24, 2.45) is 0 Å². The Kier molecular flexibility index (Phi) is 5.48. The molecule has 0 saturated carbocycles. The molecule has 1 aliphatic rings. The highest BCUT2D eigenvalue weighted by Crippen LogP contribution is 2.28. The SMILES string of the molecule is CC(C)(C)OC(=O)N1CCC(Nc2cc(Cl)ncc2[N+](=O)[O-])CC1. The molecule has 0 aliphatic carbocycles. The van der Waals surface area contributed by atoms with E-state index in [0.29, 0.717) is 31.6 Å². The Morgan fingerprint density at radius 1 is 1.46 bits per heavy atom. The summed E-state index contributed by atoms with van der Waals surface area (Å²) in [7, 11) is 0. The van der Waals surface area contributed by atoms with Gasteiger partial charge in [-0.1, -0.05) is 11.6 Å². The summed E-state index contributed by atoms with van der Waals surface area (Å²) in [5, 5.41) is 14.4. The Bertz CT molecular complexity index is 624. The molecule has 1 N–H and O–H groups in total. The van der Waals surface area contributed by atoms with Crippen molar-refractivity contribution in [1.82, 2.24) is 9.88 Å². The molecule has 132 valence electrons. The zero-order valence-corrected chi connectivity index (χ0v) is 14.7. The van der Waals surface area contributed by atoms with Crippen LogP contribution < -0.4 is 5.32 Å². The highest BCUT2D eigenvalue weighted by atomic mass is 35.5. The third kappa shape index (κ3) is 4.95. The molecule has 1 aromatic heterocycles. The predicted octanol–water partition coefficient (Wildman–Crippen LogP) is 3.45. The monoisotopic (exact) mass is 356 g/mol. The van der Waals surface area contributed by atoms with E-state index in [-0.39, 0.29) is 23.0 Å². The number of hydrogen-bond acceptors (Lipinski definition) is 6. The van der Waals surface area contributed by atoms with Crippen LogP contribution in [0.15, 0.2) is 12.3 Å². The lowest BCUT2D eigenvalue weighted by molar-refractivity contribution is -0.384. The molecule has 0 bridgehead atoms. The summed E-state index contributed by atoms with van der Waals surface area (Å²) in [5.41, 5.74) is -0.301. The molecule has 0 radical (unpaired) electrons. The Labute approximate surface area is 145 Å². The second-order valence-electron chi connectivity index (χ2n) is 6.67. The fourth-order valence-electron chi connectivity index (χ4n) is 2.44. The standard InChI is InChI=1S/C15H21ClN4O4/c1-15(2,3)24-14(21)19-6-4-10(5-7-19)18-11-8-13(16)17-9-12(11)20(22)23/h8-10H,4-7H2,1-3H3,(H,17,18). The lowest BCUT2D eigenvalue weighted by atomic mass is 10.0. The number of amides is 1. The second-order valence-corrected chi connectivity index (χ2v) is 7.05. The van der Waals surface area contributed by atoms with Crippen molar-refractivity contribution >= 4 is 29.1 Å². The number of ether oxygens (including phenoxy) is 1. The maximum Gasteiger partial charge on any atom is 0.410 e. The van der Waals surface area contributed by atoms with Crippen molar-refractivity contribution in [2.75, 3.05) is 18.4 Å². The van der Waals surface area contributed by atoms with Crippen molar-refractivity contribution in [3.05, 3.63) is 27.5 Å². The molecule has 0 unspecified atom stereocenters. The van der Waals surface area contributed by atoms with Crippen LogP contribution in [-0.4, -0.2) is 45.6 Å². The molecule has 9 heteroatoms. The molecular weight excluding hydrogens is 336 g/mol. The zero-order chi connectivity index (χ0) is 17.9. The highest BCUT2D eigenvalue weighted by molar-refractivity contribution is 6.29. The molecule has 1 saturated heterocycles. The van der Waals surface area contributed by atoms with Crippen LogP contribution in [0, 0.1) is 10.1 Å². The fraction of sp³-hybridized carbons (Fsp3) is 0.600. The normalized spacial score (nSPS) is 15.9. The van der Waals surface area contributed by atoms with Gasteiger partial charge in [0, 0.05) is 25.2 Å². The van der Waals surface area contributed by atoms with Crippen LogP contribution in [0.4, 0.5) is 16.2 Å². The number of piperidine rings is 1. The second kappa shape index (κ2) is 7.21. The van der Waals surface area contributed by atoms with Crippen molar-refractivity contribution in [2.45, 2.75) is 45.3 Å². The van der Waals surface area contributed by atoms with Crippen LogP contribution >= 0.6 is 11.6 Å². The summed E-state index contributed by atoms with van der Waals surface area (Å²) in [5.74, 6) is 0. The van der Waals surface area contributed by atoms with Crippen molar-refractivity contribution in [3.63, 3.8) is 0 Å². The number of nitrogens with zero attached hydrogens (tertiary/aromatic N) is 3. The largest absolute Gasteiger partial charge is 0.444 e. The number of hydrogen-bond donors (Lipinski definition) is 1. The quantitative estimate of drug-likeness (QED) is 0.506. The van der Waals surface area contributed by atoms with Crippen molar-refractivity contribution < 1.29 is 14.5 Å². The Morgan fingerprint density at radius 3 is 2.62 bits per heavy atom. The van der Waals surface area contributed by atoms with Gasteiger partial charge in [-0.15, -0.1) is 0 Å². The first-order chi connectivity index (χ1) is 11.2. The predicted molar refractivity (Wildman–Crippen MR) is 90.4 cm³/mol. The van der Waals surface area contributed by atoms with Gasteiger partial charge in [0.05, 0.1) is 4.92 Å². The summed E-state index contributed by atoms with van der Waals surface area (Å²) >= 11 is 5.82. The average molecular weight is 357 g/mol. The number of nitrogens with one attached hydrogen (secondary N) is 1. The van der Waals surface area contributed by atoms with Gasteiger partial charge in [0.25, 0.3) is 0 Å². The van der Waals surface area contributed by atoms with Gasteiger partial charge in [-0.05, 0) is 33.6 Å². The smallest absolute Gasteiger partial charge is 0.410 e. The van der Waals surface area contributed by atoms with E-state index in [9.17, 15) is 14.9 Å². The molecule has 1 aromatic rings. The minimum atomic E-state index is -0.527.